The van der Waals surface area contributed by atoms with Crippen LogP contribution in [0.15, 0.2) is 0 Å². The maximum atomic E-state index is 12.0. The number of nitrogens with zero attached hydrogens (tertiary/aromatic N) is 2. The van der Waals surface area contributed by atoms with E-state index in [2.05, 4.69) is 4.90 Å². The lowest BCUT2D eigenvalue weighted by Gasteiger charge is -2.38. The fourth-order valence-corrected chi connectivity index (χ4v) is 2.38. The van der Waals surface area contributed by atoms with Gasteiger partial charge in [0, 0.05) is 32.7 Å². The molecule has 1 saturated heterocycles. The predicted molar refractivity (Wildman–Crippen MR) is 72.3 cm³/mol. The van der Waals surface area contributed by atoms with Crippen LogP contribution in [-0.2, 0) is 4.79 Å². The Bertz CT molecular complexity index is 258. The molecular weight excluding hydrogens is 236 g/mol. The molecule has 5 heteroatoms. The number of carbonyl (C=O) groups excluding carboxylic acids is 1. The Morgan fingerprint density at radius 1 is 1.35 bits per heavy atom. The first-order valence-electron chi connectivity index (χ1n) is 6.10. The van der Waals surface area contributed by atoms with Crippen molar-refractivity contribution < 1.29 is 9.90 Å². The van der Waals surface area contributed by atoms with Crippen LogP contribution < -0.4 is 0 Å². The number of hydrogen-bond acceptors (Lipinski definition) is 4. The molecule has 1 aliphatic heterocycles. The number of hydrogen-bond donors (Lipinski definition) is 1. The molecule has 1 fully saturated rings. The van der Waals surface area contributed by atoms with Gasteiger partial charge in [0.05, 0.1) is 10.9 Å². The van der Waals surface area contributed by atoms with Gasteiger partial charge in [-0.3, -0.25) is 9.69 Å². The van der Waals surface area contributed by atoms with Crippen LogP contribution in [0.3, 0.4) is 0 Å². The molecule has 0 saturated carbocycles. The summed E-state index contributed by atoms with van der Waals surface area (Å²) >= 11 is 1.59. The molecule has 0 bridgehead atoms. The highest BCUT2D eigenvalue weighted by atomic mass is 32.2. The summed E-state index contributed by atoms with van der Waals surface area (Å²) < 4.78 is 0. The molecule has 4 nitrogen and oxygen atoms in total. The summed E-state index contributed by atoms with van der Waals surface area (Å²) in [6.07, 6.45) is 1.97. The largest absolute Gasteiger partial charge is 0.389 e. The van der Waals surface area contributed by atoms with Crippen molar-refractivity contribution in [2.75, 3.05) is 39.0 Å². The summed E-state index contributed by atoms with van der Waals surface area (Å²) in [5, 5.41) is 9.80. The van der Waals surface area contributed by atoms with Gasteiger partial charge in [-0.2, -0.15) is 11.8 Å². The van der Waals surface area contributed by atoms with Crippen LogP contribution in [0.1, 0.15) is 20.8 Å². The minimum absolute atomic E-state index is 0.0517. The van der Waals surface area contributed by atoms with Crippen LogP contribution in [-0.4, -0.2) is 70.6 Å². The molecule has 0 radical (unpaired) electrons. The van der Waals surface area contributed by atoms with E-state index in [4.69, 9.17) is 0 Å². The Balaban J connectivity index is 2.38. The Morgan fingerprint density at radius 3 is 2.29 bits per heavy atom. The molecule has 17 heavy (non-hydrogen) atoms. The van der Waals surface area contributed by atoms with Crippen LogP contribution >= 0.6 is 11.8 Å². The van der Waals surface area contributed by atoms with Crippen molar-refractivity contribution in [1.29, 1.82) is 0 Å². The van der Waals surface area contributed by atoms with Crippen molar-refractivity contribution in [1.82, 2.24) is 9.80 Å². The lowest BCUT2D eigenvalue weighted by atomic mass is 10.1. The van der Waals surface area contributed by atoms with Crippen molar-refractivity contribution in [2.45, 2.75) is 31.6 Å². The van der Waals surface area contributed by atoms with Crippen molar-refractivity contribution in [3.63, 3.8) is 0 Å². The topological polar surface area (TPSA) is 43.8 Å². The van der Waals surface area contributed by atoms with E-state index in [1.54, 1.807) is 11.8 Å². The first-order valence-corrected chi connectivity index (χ1v) is 7.38. The van der Waals surface area contributed by atoms with Crippen LogP contribution in [0.2, 0.25) is 0 Å². The highest BCUT2D eigenvalue weighted by Crippen LogP contribution is 2.13. The third-order valence-electron chi connectivity index (χ3n) is 3.00. The molecule has 1 heterocycles. The van der Waals surface area contributed by atoms with Crippen molar-refractivity contribution in [3.05, 3.63) is 0 Å². The third-order valence-corrected chi connectivity index (χ3v) is 3.90. The van der Waals surface area contributed by atoms with E-state index in [1.165, 1.54) is 0 Å². The molecule has 0 aromatic rings. The minimum atomic E-state index is -0.654. The second-order valence-electron chi connectivity index (χ2n) is 5.29. The van der Waals surface area contributed by atoms with E-state index in [0.29, 0.717) is 6.54 Å². The molecule has 0 aliphatic carbocycles. The van der Waals surface area contributed by atoms with Crippen molar-refractivity contribution >= 4 is 17.7 Å². The molecule has 1 atom stereocenters. The second kappa shape index (κ2) is 6.07. The average molecular weight is 260 g/mol. The standard InChI is InChI=1S/C12H24N2O2S/c1-10(17-4)11(15)14-7-5-13(6-8-14)9-12(2,3)16/h10,16H,5-9H2,1-4H3/t10-/m0/s1. The van der Waals surface area contributed by atoms with E-state index in [1.807, 2.05) is 31.9 Å². The summed E-state index contributed by atoms with van der Waals surface area (Å²) in [5.74, 6) is 0.236. The zero-order chi connectivity index (χ0) is 13.1. The number of carbonyl (C=O) groups is 1. The van der Waals surface area contributed by atoms with Crippen LogP contribution in [0.4, 0.5) is 0 Å². The molecule has 100 valence electrons. The van der Waals surface area contributed by atoms with Gasteiger partial charge in [-0.05, 0) is 27.0 Å². The van der Waals surface area contributed by atoms with Crippen molar-refractivity contribution in [2.24, 2.45) is 0 Å². The van der Waals surface area contributed by atoms with Crippen LogP contribution in [0, 0.1) is 0 Å². The normalized spacial score (nSPS) is 20.4. The average Bonchev–Trinajstić information content (AvgIpc) is 2.26. The third kappa shape index (κ3) is 4.85. The van der Waals surface area contributed by atoms with Gasteiger partial charge in [-0.1, -0.05) is 0 Å². The van der Waals surface area contributed by atoms with Gasteiger partial charge in [-0.25, -0.2) is 0 Å². The highest BCUT2D eigenvalue weighted by Gasteiger charge is 2.26. The minimum Gasteiger partial charge on any atom is -0.389 e. The summed E-state index contributed by atoms with van der Waals surface area (Å²) in [7, 11) is 0. The predicted octanol–water partition coefficient (Wildman–Crippen LogP) is 0.653. The molecule has 1 aliphatic rings. The number of aliphatic hydroxyl groups is 1. The van der Waals surface area contributed by atoms with Crippen LogP contribution in [0.25, 0.3) is 0 Å². The smallest absolute Gasteiger partial charge is 0.235 e. The van der Waals surface area contributed by atoms with Crippen LogP contribution in [0.5, 0.6) is 0 Å². The lowest BCUT2D eigenvalue weighted by Crippen LogP contribution is -2.53. The van der Waals surface area contributed by atoms with E-state index < -0.39 is 5.60 Å². The monoisotopic (exact) mass is 260 g/mol. The zero-order valence-corrected chi connectivity index (χ0v) is 12.1. The molecular formula is C12H24N2O2S. The summed E-state index contributed by atoms with van der Waals surface area (Å²) in [4.78, 5) is 16.1. The fourth-order valence-electron chi connectivity index (χ4n) is 2.03. The van der Waals surface area contributed by atoms with E-state index in [9.17, 15) is 9.90 Å². The van der Waals surface area contributed by atoms with Crippen molar-refractivity contribution in [3.8, 4) is 0 Å². The molecule has 0 spiro atoms. The molecule has 0 unspecified atom stereocenters. The Hall–Kier alpha value is -0.260. The highest BCUT2D eigenvalue weighted by molar-refractivity contribution is 7.99. The number of β-amino-alcohol motifs (C(OH)–C–C–N with tert-alkyl or cyclic N) is 1. The number of rotatable bonds is 4. The number of amides is 1. The summed E-state index contributed by atoms with van der Waals surface area (Å²) in [6, 6.07) is 0. The second-order valence-corrected chi connectivity index (χ2v) is 6.47. The lowest BCUT2D eigenvalue weighted by molar-refractivity contribution is -0.132. The number of thioether (sulfide) groups is 1. The molecule has 0 aromatic heterocycles. The maximum Gasteiger partial charge on any atom is 0.235 e. The van der Waals surface area contributed by atoms with E-state index in [0.717, 1.165) is 26.2 Å². The Labute approximate surface area is 108 Å². The van der Waals surface area contributed by atoms with Gasteiger partial charge in [0.25, 0.3) is 0 Å². The van der Waals surface area contributed by atoms with Gasteiger partial charge in [-0.15, -0.1) is 0 Å². The fraction of sp³-hybridized carbons (Fsp3) is 0.917. The first-order chi connectivity index (χ1) is 7.83. The molecule has 0 aromatic carbocycles. The van der Waals surface area contributed by atoms with Gasteiger partial charge in [0.1, 0.15) is 0 Å². The van der Waals surface area contributed by atoms with Gasteiger partial charge < -0.3 is 10.0 Å². The summed E-state index contributed by atoms with van der Waals surface area (Å²) in [6.45, 7) is 9.54. The first kappa shape index (κ1) is 14.8. The molecule has 1 N–H and O–H groups in total. The molecule has 1 amide bonds. The SMILES string of the molecule is CS[C@@H](C)C(=O)N1CCN(CC(C)(C)O)CC1. The van der Waals surface area contributed by atoms with Gasteiger partial charge in [0.2, 0.25) is 5.91 Å². The Kier molecular flexibility index (Phi) is 5.28. The van der Waals surface area contributed by atoms with E-state index >= 15 is 0 Å². The molecule has 1 rings (SSSR count). The van der Waals surface area contributed by atoms with Gasteiger partial charge >= 0.3 is 0 Å². The number of piperazine rings is 1. The van der Waals surface area contributed by atoms with Gasteiger partial charge in [0.15, 0.2) is 0 Å². The quantitative estimate of drug-likeness (QED) is 0.806. The zero-order valence-electron chi connectivity index (χ0n) is 11.3. The van der Waals surface area contributed by atoms with E-state index in [-0.39, 0.29) is 11.2 Å². The maximum absolute atomic E-state index is 12.0. The summed E-state index contributed by atoms with van der Waals surface area (Å²) in [5.41, 5.74) is -0.654. The Morgan fingerprint density at radius 2 is 1.88 bits per heavy atom.